The lowest BCUT2D eigenvalue weighted by Gasteiger charge is -2.21. The number of hydrogen-bond donors (Lipinski definition) is 0. The van der Waals surface area contributed by atoms with Crippen molar-refractivity contribution in [3.63, 3.8) is 0 Å². The van der Waals surface area contributed by atoms with E-state index in [1.54, 1.807) is 25.8 Å². The van der Waals surface area contributed by atoms with Gasteiger partial charge in [0.15, 0.2) is 0 Å². The van der Waals surface area contributed by atoms with Crippen molar-refractivity contribution in [2.45, 2.75) is 25.7 Å². The highest BCUT2D eigenvalue weighted by Crippen LogP contribution is 2.43. The summed E-state index contributed by atoms with van der Waals surface area (Å²) in [5.74, 6) is -0.393. The first kappa shape index (κ1) is 12.6. The summed E-state index contributed by atoms with van der Waals surface area (Å²) < 4.78 is 4.96. The van der Waals surface area contributed by atoms with Crippen LogP contribution in [-0.4, -0.2) is 25.5 Å². The van der Waals surface area contributed by atoms with Crippen LogP contribution < -0.4 is 4.90 Å². The van der Waals surface area contributed by atoms with E-state index < -0.39 is 5.41 Å². The van der Waals surface area contributed by atoms with Gasteiger partial charge in [0.25, 0.3) is 0 Å². The van der Waals surface area contributed by atoms with Crippen molar-refractivity contribution >= 4 is 17.6 Å². The summed E-state index contributed by atoms with van der Waals surface area (Å²) in [7, 11) is 1.73. The number of carbonyl (C=O) groups is 2. The predicted octanol–water partition coefficient (Wildman–Crippen LogP) is 1.87. The van der Waals surface area contributed by atoms with Crippen LogP contribution in [0.25, 0.3) is 0 Å². The van der Waals surface area contributed by atoms with Crippen molar-refractivity contribution in [1.82, 2.24) is 0 Å². The molecule has 2 rings (SSSR count). The van der Waals surface area contributed by atoms with Crippen molar-refractivity contribution < 1.29 is 14.3 Å². The highest BCUT2D eigenvalue weighted by atomic mass is 16.5. The van der Waals surface area contributed by atoms with Gasteiger partial charge in [-0.2, -0.15) is 0 Å². The van der Waals surface area contributed by atoms with Crippen LogP contribution in [0.3, 0.4) is 0 Å². The van der Waals surface area contributed by atoms with Crippen molar-refractivity contribution in [3.8, 4) is 0 Å². The Bertz CT molecular complexity index is 498. The number of hydrogen-bond acceptors (Lipinski definition) is 3. The largest absolute Gasteiger partial charge is 0.466 e. The van der Waals surface area contributed by atoms with E-state index in [4.69, 9.17) is 4.74 Å². The van der Waals surface area contributed by atoms with Crippen LogP contribution in [0.2, 0.25) is 0 Å². The van der Waals surface area contributed by atoms with Gasteiger partial charge in [-0.3, -0.25) is 9.59 Å². The van der Waals surface area contributed by atoms with E-state index in [1.165, 1.54) is 0 Å². The molecule has 1 aliphatic heterocycles. The molecule has 1 amide bonds. The molecule has 1 atom stereocenters. The minimum Gasteiger partial charge on any atom is -0.466 e. The van der Waals surface area contributed by atoms with Gasteiger partial charge in [-0.1, -0.05) is 18.2 Å². The summed E-state index contributed by atoms with van der Waals surface area (Å²) in [4.78, 5) is 25.6. The van der Waals surface area contributed by atoms with Gasteiger partial charge in [0.2, 0.25) is 5.91 Å². The summed E-state index contributed by atoms with van der Waals surface area (Å²) in [6.45, 7) is 3.89. The fourth-order valence-electron chi connectivity index (χ4n) is 2.50. The molecule has 0 radical (unpaired) electrons. The number of anilines is 1. The molecule has 0 spiro atoms. The van der Waals surface area contributed by atoms with Crippen LogP contribution in [0.15, 0.2) is 24.3 Å². The van der Waals surface area contributed by atoms with E-state index in [0.29, 0.717) is 6.61 Å². The third kappa shape index (κ3) is 1.78. The fraction of sp³-hybridized carbons (Fsp3) is 0.429. The Labute approximate surface area is 107 Å². The third-order valence-corrected chi connectivity index (χ3v) is 3.44. The summed E-state index contributed by atoms with van der Waals surface area (Å²) in [5.41, 5.74) is 0.956. The van der Waals surface area contributed by atoms with E-state index in [1.807, 2.05) is 24.3 Å². The number of amides is 1. The van der Waals surface area contributed by atoms with Gasteiger partial charge in [-0.15, -0.1) is 0 Å². The Morgan fingerprint density at radius 3 is 2.72 bits per heavy atom. The topological polar surface area (TPSA) is 46.6 Å². The molecular weight excluding hydrogens is 230 g/mol. The fourth-order valence-corrected chi connectivity index (χ4v) is 2.50. The standard InChI is InChI=1S/C14H17NO3/c1-4-18-12(16)9-14(2)10-7-5-6-8-11(10)15(3)13(14)17/h5-8H,4,9H2,1-3H3. The molecule has 0 aliphatic carbocycles. The maximum absolute atomic E-state index is 12.3. The van der Waals surface area contributed by atoms with Crippen molar-refractivity contribution in [3.05, 3.63) is 29.8 Å². The average Bonchev–Trinajstić information content (AvgIpc) is 2.53. The quantitative estimate of drug-likeness (QED) is 0.766. The Kier molecular flexibility index (Phi) is 3.11. The first-order chi connectivity index (χ1) is 8.50. The molecule has 4 heteroatoms. The average molecular weight is 247 g/mol. The number of esters is 1. The normalized spacial score (nSPS) is 21.9. The second-order valence-corrected chi connectivity index (χ2v) is 4.70. The highest BCUT2D eigenvalue weighted by molar-refractivity contribution is 6.09. The Morgan fingerprint density at radius 1 is 1.39 bits per heavy atom. The Hall–Kier alpha value is -1.84. The van der Waals surface area contributed by atoms with Crippen molar-refractivity contribution in [2.75, 3.05) is 18.6 Å². The lowest BCUT2D eigenvalue weighted by molar-refractivity contribution is -0.146. The molecule has 1 aromatic carbocycles. The zero-order chi connectivity index (χ0) is 13.3. The number of rotatable bonds is 3. The molecule has 0 saturated heterocycles. The molecule has 0 aromatic heterocycles. The van der Waals surface area contributed by atoms with E-state index >= 15 is 0 Å². The number of para-hydroxylation sites is 1. The first-order valence-corrected chi connectivity index (χ1v) is 6.04. The number of likely N-dealkylation sites (N-methyl/N-ethyl adjacent to an activating group) is 1. The summed E-state index contributed by atoms with van der Waals surface area (Å²) >= 11 is 0. The SMILES string of the molecule is CCOC(=O)CC1(C)C(=O)N(C)c2ccccc21. The molecule has 96 valence electrons. The molecule has 1 aliphatic rings. The number of benzene rings is 1. The van der Waals surface area contributed by atoms with Gasteiger partial charge < -0.3 is 9.64 Å². The first-order valence-electron chi connectivity index (χ1n) is 6.04. The molecule has 18 heavy (non-hydrogen) atoms. The molecule has 0 N–H and O–H groups in total. The zero-order valence-corrected chi connectivity index (χ0v) is 10.9. The Balaban J connectivity index is 2.38. The van der Waals surface area contributed by atoms with Crippen LogP contribution in [0, 0.1) is 0 Å². The van der Waals surface area contributed by atoms with Crippen LogP contribution in [0.4, 0.5) is 5.69 Å². The van der Waals surface area contributed by atoms with Gasteiger partial charge >= 0.3 is 5.97 Å². The smallest absolute Gasteiger partial charge is 0.307 e. The molecule has 1 heterocycles. The minimum absolute atomic E-state index is 0.0586. The zero-order valence-electron chi connectivity index (χ0n) is 10.9. The molecule has 4 nitrogen and oxygen atoms in total. The molecule has 0 saturated carbocycles. The van der Waals surface area contributed by atoms with Gasteiger partial charge in [0, 0.05) is 12.7 Å². The van der Waals surface area contributed by atoms with Gasteiger partial charge in [0.1, 0.15) is 0 Å². The van der Waals surface area contributed by atoms with E-state index in [2.05, 4.69) is 0 Å². The second-order valence-electron chi connectivity index (χ2n) is 4.70. The van der Waals surface area contributed by atoms with Crippen molar-refractivity contribution in [2.24, 2.45) is 0 Å². The molecule has 1 unspecified atom stereocenters. The summed E-state index contributed by atoms with van der Waals surface area (Å²) in [6, 6.07) is 7.56. The van der Waals surface area contributed by atoms with Crippen LogP contribution in [0.1, 0.15) is 25.8 Å². The maximum Gasteiger partial charge on any atom is 0.307 e. The minimum atomic E-state index is -0.808. The molecule has 0 bridgehead atoms. The van der Waals surface area contributed by atoms with E-state index in [-0.39, 0.29) is 18.3 Å². The lowest BCUT2D eigenvalue weighted by atomic mass is 9.81. The van der Waals surface area contributed by atoms with Crippen LogP contribution in [0.5, 0.6) is 0 Å². The number of carbonyl (C=O) groups excluding carboxylic acids is 2. The van der Waals surface area contributed by atoms with Gasteiger partial charge in [-0.25, -0.2) is 0 Å². The third-order valence-electron chi connectivity index (χ3n) is 3.44. The predicted molar refractivity (Wildman–Crippen MR) is 68.5 cm³/mol. The molecular formula is C14H17NO3. The summed E-state index contributed by atoms with van der Waals surface area (Å²) in [6.07, 6.45) is 0.0844. The molecule has 0 fully saturated rings. The second kappa shape index (κ2) is 4.44. The number of fused-ring (bicyclic) bond motifs is 1. The van der Waals surface area contributed by atoms with Crippen molar-refractivity contribution in [1.29, 1.82) is 0 Å². The highest BCUT2D eigenvalue weighted by Gasteiger charge is 2.47. The monoisotopic (exact) mass is 247 g/mol. The maximum atomic E-state index is 12.3. The Morgan fingerprint density at radius 2 is 2.06 bits per heavy atom. The van der Waals surface area contributed by atoms with Crippen LogP contribution in [-0.2, 0) is 19.7 Å². The number of nitrogens with zero attached hydrogens (tertiary/aromatic N) is 1. The van der Waals surface area contributed by atoms with Gasteiger partial charge in [0.05, 0.1) is 18.4 Å². The summed E-state index contributed by atoms with van der Waals surface area (Å²) in [5, 5.41) is 0. The van der Waals surface area contributed by atoms with Gasteiger partial charge in [-0.05, 0) is 25.5 Å². The lowest BCUT2D eigenvalue weighted by Crippen LogP contribution is -2.38. The molecule has 1 aromatic rings. The van der Waals surface area contributed by atoms with E-state index in [0.717, 1.165) is 11.3 Å². The van der Waals surface area contributed by atoms with E-state index in [9.17, 15) is 9.59 Å². The van der Waals surface area contributed by atoms with Crippen LogP contribution >= 0.6 is 0 Å². The number of ether oxygens (including phenoxy) is 1.